The smallest absolute Gasteiger partial charge is 0.248 e. The molecule has 1 heterocycles. The summed E-state index contributed by atoms with van der Waals surface area (Å²) in [5, 5.41) is 4.04. The number of halogens is 3. The predicted molar refractivity (Wildman–Crippen MR) is 103 cm³/mol. The van der Waals surface area contributed by atoms with E-state index in [0.29, 0.717) is 37.8 Å². The highest BCUT2D eigenvalue weighted by atomic mass is 35.5. The second kappa shape index (κ2) is 7.79. The Morgan fingerprint density at radius 3 is 2.48 bits per heavy atom. The molecule has 0 saturated carbocycles. The van der Waals surface area contributed by atoms with Gasteiger partial charge in [-0.25, -0.2) is 0 Å². The maximum absolute atomic E-state index is 12.0. The number of carbonyl (C=O) groups excluding carboxylic acids is 1. The third-order valence-corrected chi connectivity index (χ3v) is 4.52. The van der Waals surface area contributed by atoms with Crippen LogP contribution in [0.5, 0.6) is 0 Å². The second-order valence-corrected chi connectivity index (χ2v) is 6.30. The Kier molecular flexibility index (Phi) is 5.49. The molecule has 0 aliphatic rings. The topological polar surface area (TPSA) is 42.2 Å². The van der Waals surface area contributed by atoms with Gasteiger partial charge in [0, 0.05) is 11.6 Å². The zero-order valence-corrected chi connectivity index (χ0v) is 15.1. The van der Waals surface area contributed by atoms with Gasteiger partial charge in [0.15, 0.2) is 0 Å². The fraction of sp³-hybridized carbons (Fsp3) is 0. The molecule has 0 aliphatic carbocycles. The van der Waals surface area contributed by atoms with E-state index in [1.165, 1.54) is 6.08 Å². The Labute approximate surface area is 159 Å². The summed E-state index contributed by atoms with van der Waals surface area (Å²) in [6.45, 7) is 0. The summed E-state index contributed by atoms with van der Waals surface area (Å²) >= 11 is 18.2. The van der Waals surface area contributed by atoms with Crippen molar-refractivity contribution in [3.63, 3.8) is 0 Å². The van der Waals surface area contributed by atoms with E-state index in [-0.39, 0.29) is 5.91 Å². The number of hydrogen-bond acceptors (Lipinski definition) is 2. The number of para-hydroxylation sites is 1. The van der Waals surface area contributed by atoms with Gasteiger partial charge in [0.2, 0.25) is 5.91 Å². The van der Waals surface area contributed by atoms with Crippen LogP contribution >= 0.6 is 34.8 Å². The normalized spacial score (nSPS) is 11.0. The molecule has 2 aromatic carbocycles. The van der Waals surface area contributed by atoms with Gasteiger partial charge >= 0.3 is 0 Å². The first-order valence-electron chi connectivity index (χ1n) is 7.32. The van der Waals surface area contributed by atoms with Gasteiger partial charge in [0.25, 0.3) is 0 Å². The van der Waals surface area contributed by atoms with Crippen LogP contribution in [0.3, 0.4) is 0 Å². The van der Waals surface area contributed by atoms with Gasteiger partial charge in [-0.1, -0.05) is 53.0 Å². The number of furan rings is 1. The fourth-order valence-electron chi connectivity index (χ4n) is 2.18. The Hall–Kier alpha value is -2.20. The highest BCUT2D eigenvalue weighted by molar-refractivity contribution is 6.43. The number of rotatable bonds is 4. The summed E-state index contributed by atoms with van der Waals surface area (Å²) in [4.78, 5) is 12.0. The van der Waals surface area contributed by atoms with Crippen LogP contribution in [0.25, 0.3) is 17.4 Å². The van der Waals surface area contributed by atoms with Gasteiger partial charge < -0.3 is 9.73 Å². The van der Waals surface area contributed by atoms with Crippen LogP contribution in [-0.2, 0) is 4.79 Å². The number of nitrogens with one attached hydrogen (secondary N) is 1. The molecular formula is C19H12Cl3NO2. The van der Waals surface area contributed by atoms with E-state index >= 15 is 0 Å². The lowest BCUT2D eigenvalue weighted by atomic mass is 10.2. The van der Waals surface area contributed by atoms with Crippen molar-refractivity contribution in [3.8, 4) is 11.3 Å². The maximum atomic E-state index is 12.0. The van der Waals surface area contributed by atoms with E-state index < -0.39 is 0 Å². The van der Waals surface area contributed by atoms with Crippen molar-refractivity contribution >= 4 is 52.5 Å². The molecular weight excluding hydrogens is 381 g/mol. The van der Waals surface area contributed by atoms with Crippen LogP contribution in [-0.4, -0.2) is 5.91 Å². The average molecular weight is 393 g/mol. The van der Waals surface area contributed by atoms with E-state index in [0.717, 1.165) is 0 Å². The minimum atomic E-state index is -0.313. The molecule has 0 unspecified atom stereocenters. The van der Waals surface area contributed by atoms with E-state index in [2.05, 4.69) is 5.32 Å². The molecule has 3 nitrogen and oxygen atoms in total. The van der Waals surface area contributed by atoms with Gasteiger partial charge in [-0.15, -0.1) is 0 Å². The Balaban J connectivity index is 1.73. The molecule has 1 amide bonds. The molecule has 25 heavy (non-hydrogen) atoms. The van der Waals surface area contributed by atoms with Gasteiger partial charge in [-0.2, -0.15) is 0 Å². The molecule has 3 aromatic rings. The zero-order chi connectivity index (χ0) is 17.8. The summed E-state index contributed by atoms with van der Waals surface area (Å²) in [7, 11) is 0. The SMILES string of the molecule is O=C(C=Cc1ccc(-c2cccc(Cl)c2Cl)o1)Nc1ccccc1Cl. The summed E-state index contributed by atoms with van der Waals surface area (Å²) in [5.41, 5.74) is 1.24. The fourth-order valence-corrected chi connectivity index (χ4v) is 2.75. The van der Waals surface area contributed by atoms with Crippen molar-refractivity contribution in [2.75, 3.05) is 5.32 Å². The number of benzene rings is 2. The monoisotopic (exact) mass is 391 g/mol. The minimum Gasteiger partial charge on any atom is -0.457 e. The zero-order valence-electron chi connectivity index (χ0n) is 12.8. The highest BCUT2D eigenvalue weighted by Gasteiger charge is 2.10. The molecule has 126 valence electrons. The second-order valence-electron chi connectivity index (χ2n) is 5.11. The number of hydrogen-bond donors (Lipinski definition) is 1. The molecule has 1 N–H and O–H groups in total. The van der Waals surface area contributed by atoms with Crippen LogP contribution in [0.1, 0.15) is 5.76 Å². The lowest BCUT2D eigenvalue weighted by Gasteiger charge is -2.03. The first kappa shape index (κ1) is 17.6. The maximum Gasteiger partial charge on any atom is 0.248 e. The van der Waals surface area contributed by atoms with Crippen LogP contribution in [0.2, 0.25) is 15.1 Å². The Morgan fingerprint density at radius 1 is 0.920 bits per heavy atom. The molecule has 0 bridgehead atoms. The molecule has 0 aliphatic heterocycles. The number of anilines is 1. The van der Waals surface area contributed by atoms with Gasteiger partial charge in [-0.3, -0.25) is 4.79 Å². The van der Waals surface area contributed by atoms with Gasteiger partial charge in [-0.05, 0) is 42.5 Å². The third-order valence-electron chi connectivity index (χ3n) is 3.37. The van der Waals surface area contributed by atoms with E-state index in [1.54, 1.807) is 54.6 Å². The Bertz CT molecular complexity index is 947. The van der Waals surface area contributed by atoms with Gasteiger partial charge in [0.05, 0.1) is 20.8 Å². The molecule has 0 spiro atoms. The van der Waals surface area contributed by atoms with Crippen molar-refractivity contribution in [1.29, 1.82) is 0 Å². The van der Waals surface area contributed by atoms with E-state index in [9.17, 15) is 4.79 Å². The quantitative estimate of drug-likeness (QED) is 0.511. The van der Waals surface area contributed by atoms with Crippen molar-refractivity contribution in [2.24, 2.45) is 0 Å². The molecule has 0 fully saturated rings. The van der Waals surface area contributed by atoms with Crippen molar-refractivity contribution < 1.29 is 9.21 Å². The summed E-state index contributed by atoms with van der Waals surface area (Å²) < 4.78 is 5.69. The average Bonchev–Trinajstić information content (AvgIpc) is 3.06. The summed E-state index contributed by atoms with van der Waals surface area (Å²) in [6, 6.07) is 15.8. The summed E-state index contributed by atoms with van der Waals surface area (Å²) in [5.74, 6) is 0.769. The van der Waals surface area contributed by atoms with Crippen LogP contribution in [0, 0.1) is 0 Å². The lowest BCUT2D eigenvalue weighted by molar-refractivity contribution is -0.111. The number of carbonyl (C=O) groups is 1. The van der Waals surface area contributed by atoms with Gasteiger partial charge in [0.1, 0.15) is 11.5 Å². The molecule has 0 saturated heterocycles. The number of amides is 1. The first-order chi connectivity index (χ1) is 12.0. The molecule has 6 heteroatoms. The molecule has 1 aromatic heterocycles. The standard InChI is InChI=1S/C19H12Cl3NO2/c20-14-5-1-2-7-16(14)23-18(24)11-9-12-8-10-17(25-12)13-4-3-6-15(21)19(13)22/h1-11H,(H,23,24). The molecule has 3 rings (SSSR count). The Morgan fingerprint density at radius 2 is 1.68 bits per heavy atom. The first-order valence-corrected chi connectivity index (χ1v) is 8.46. The van der Waals surface area contributed by atoms with E-state index in [4.69, 9.17) is 39.2 Å². The third kappa shape index (κ3) is 4.26. The molecule has 0 radical (unpaired) electrons. The van der Waals surface area contributed by atoms with Crippen LogP contribution in [0.15, 0.2) is 65.1 Å². The van der Waals surface area contributed by atoms with Crippen LogP contribution in [0.4, 0.5) is 5.69 Å². The van der Waals surface area contributed by atoms with Crippen molar-refractivity contribution in [3.05, 3.63) is 81.5 Å². The van der Waals surface area contributed by atoms with Crippen LogP contribution < -0.4 is 5.32 Å². The lowest BCUT2D eigenvalue weighted by Crippen LogP contribution is -2.07. The van der Waals surface area contributed by atoms with E-state index in [1.807, 2.05) is 6.07 Å². The predicted octanol–water partition coefficient (Wildman–Crippen LogP) is 6.56. The highest BCUT2D eigenvalue weighted by Crippen LogP contribution is 2.34. The summed E-state index contributed by atoms with van der Waals surface area (Å²) in [6.07, 6.45) is 2.93. The minimum absolute atomic E-state index is 0.313. The largest absolute Gasteiger partial charge is 0.457 e. The van der Waals surface area contributed by atoms with Crippen molar-refractivity contribution in [2.45, 2.75) is 0 Å². The van der Waals surface area contributed by atoms with Crippen molar-refractivity contribution in [1.82, 2.24) is 0 Å². The molecule has 0 atom stereocenters.